The summed E-state index contributed by atoms with van der Waals surface area (Å²) in [4.78, 5) is 3.80. The van der Waals surface area contributed by atoms with Crippen molar-refractivity contribution in [3.05, 3.63) is 10.2 Å². The zero-order valence-electron chi connectivity index (χ0n) is 5.21. The molecule has 0 bridgehead atoms. The van der Waals surface area contributed by atoms with Crippen molar-refractivity contribution in [3.8, 4) is 0 Å². The average Bonchev–Trinajstić information content (AvgIpc) is 2.10. The Bertz CT molecular complexity index is 239. The van der Waals surface area contributed by atoms with Gasteiger partial charge in [-0.25, -0.2) is 4.98 Å². The van der Waals surface area contributed by atoms with Gasteiger partial charge in [-0.3, -0.25) is 0 Å². The van der Waals surface area contributed by atoms with E-state index in [0.717, 1.165) is 11.3 Å². The monoisotopic (exact) mass is 177 g/mol. The molecule has 10 heavy (non-hydrogen) atoms. The minimum Gasteiger partial charge on any atom is -0.423 e. The molecule has 0 saturated heterocycles. The molecule has 1 aromatic heterocycles. The smallest absolute Gasteiger partial charge is 0.423 e. The first-order valence-electron chi connectivity index (χ1n) is 2.60. The molecule has 54 valence electrons. The first-order valence-corrected chi connectivity index (χ1v) is 3.79. The molecule has 1 rings (SSSR count). The highest BCUT2D eigenvalue weighted by Gasteiger charge is 2.18. The van der Waals surface area contributed by atoms with Gasteiger partial charge in [0.25, 0.3) is 0 Å². The van der Waals surface area contributed by atoms with E-state index >= 15 is 0 Å². The van der Waals surface area contributed by atoms with Gasteiger partial charge >= 0.3 is 7.12 Å². The summed E-state index contributed by atoms with van der Waals surface area (Å²) < 4.78 is 0.741. The van der Waals surface area contributed by atoms with Crippen LogP contribution in [0.2, 0.25) is 4.47 Å². The van der Waals surface area contributed by atoms with E-state index in [2.05, 4.69) is 4.98 Å². The molecule has 6 heteroatoms. The predicted octanol–water partition coefficient (Wildman–Crippen LogP) is -0.215. The predicted molar refractivity (Wildman–Crippen MR) is 41.7 cm³/mol. The Morgan fingerprint density at radius 2 is 2.20 bits per heavy atom. The van der Waals surface area contributed by atoms with Crippen molar-refractivity contribution >= 4 is 34.8 Å². The van der Waals surface area contributed by atoms with E-state index in [1.165, 1.54) is 0 Å². The SMILES string of the molecule is Cc1nc(Cl)sc1B(O)O. The average molecular weight is 177 g/mol. The molecule has 0 aliphatic carbocycles. The summed E-state index contributed by atoms with van der Waals surface area (Å²) in [6.07, 6.45) is 0. The summed E-state index contributed by atoms with van der Waals surface area (Å²) in [7, 11) is -1.45. The van der Waals surface area contributed by atoms with Gasteiger partial charge < -0.3 is 10.0 Å². The van der Waals surface area contributed by atoms with Gasteiger partial charge in [0.2, 0.25) is 0 Å². The van der Waals surface area contributed by atoms with Gasteiger partial charge in [0.15, 0.2) is 4.47 Å². The number of hydrogen-bond acceptors (Lipinski definition) is 4. The lowest BCUT2D eigenvalue weighted by Gasteiger charge is -1.91. The van der Waals surface area contributed by atoms with E-state index in [9.17, 15) is 0 Å². The summed E-state index contributed by atoms with van der Waals surface area (Å²) in [5.41, 5.74) is 0.574. The quantitative estimate of drug-likeness (QED) is 0.584. The second-order valence-corrected chi connectivity index (χ2v) is 3.40. The van der Waals surface area contributed by atoms with Crippen molar-refractivity contribution in [1.29, 1.82) is 0 Å². The number of aromatic nitrogens is 1. The van der Waals surface area contributed by atoms with Crippen LogP contribution in [0.3, 0.4) is 0 Å². The molecule has 0 atom stereocenters. The number of thiazole rings is 1. The van der Waals surface area contributed by atoms with Crippen molar-refractivity contribution in [1.82, 2.24) is 4.98 Å². The van der Waals surface area contributed by atoms with E-state index in [0.29, 0.717) is 14.9 Å². The lowest BCUT2D eigenvalue weighted by atomic mass is 9.88. The van der Waals surface area contributed by atoms with Gasteiger partial charge in [-0.2, -0.15) is 0 Å². The summed E-state index contributed by atoms with van der Waals surface area (Å²) in [5.74, 6) is 0. The molecule has 0 spiro atoms. The van der Waals surface area contributed by atoms with Crippen LogP contribution in [0.5, 0.6) is 0 Å². The zero-order valence-corrected chi connectivity index (χ0v) is 6.78. The molecule has 0 amide bonds. The third-order valence-electron chi connectivity index (χ3n) is 1.04. The summed E-state index contributed by atoms with van der Waals surface area (Å²) in [6, 6.07) is 0. The number of rotatable bonds is 1. The van der Waals surface area contributed by atoms with Crippen LogP contribution in [0, 0.1) is 6.92 Å². The third-order valence-corrected chi connectivity index (χ3v) is 2.34. The minimum atomic E-state index is -1.45. The lowest BCUT2D eigenvalue weighted by molar-refractivity contribution is 0.426. The molecule has 1 aromatic rings. The highest BCUT2D eigenvalue weighted by molar-refractivity contribution is 7.25. The lowest BCUT2D eigenvalue weighted by Crippen LogP contribution is -2.28. The van der Waals surface area contributed by atoms with E-state index in [4.69, 9.17) is 21.6 Å². The van der Waals surface area contributed by atoms with E-state index in [-0.39, 0.29) is 0 Å². The maximum atomic E-state index is 8.69. The van der Waals surface area contributed by atoms with Crippen molar-refractivity contribution in [3.63, 3.8) is 0 Å². The molecular formula is C4H5BClNO2S. The Morgan fingerprint density at radius 3 is 2.40 bits per heavy atom. The molecule has 0 radical (unpaired) electrons. The topological polar surface area (TPSA) is 53.4 Å². The second kappa shape index (κ2) is 2.88. The van der Waals surface area contributed by atoms with Crippen LogP contribution in [-0.4, -0.2) is 22.2 Å². The van der Waals surface area contributed by atoms with Crippen LogP contribution >= 0.6 is 22.9 Å². The first kappa shape index (κ1) is 8.01. The van der Waals surface area contributed by atoms with Gasteiger partial charge in [-0.1, -0.05) is 11.6 Å². The van der Waals surface area contributed by atoms with Crippen LogP contribution in [-0.2, 0) is 0 Å². The van der Waals surface area contributed by atoms with E-state index < -0.39 is 7.12 Å². The maximum absolute atomic E-state index is 8.69. The standard InChI is InChI=1S/C4H5BClNO2S/c1-2-3(5(8)9)10-4(6)7-2/h8-9H,1H3. The van der Waals surface area contributed by atoms with Crippen LogP contribution < -0.4 is 4.78 Å². The fourth-order valence-corrected chi connectivity index (χ4v) is 1.65. The summed E-state index contributed by atoms with van der Waals surface area (Å²) >= 11 is 6.57. The minimum absolute atomic E-state index is 0.334. The van der Waals surface area contributed by atoms with Gasteiger partial charge in [0.1, 0.15) is 0 Å². The number of aryl methyl sites for hydroxylation is 1. The molecular weight excluding hydrogens is 172 g/mol. The van der Waals surface area contributed by atoms with Crippen molar-refractivity contribution < 1.29 is 10.0 Å². The highest BCUT2D eigenvalue weighted by atomic mass is 35.5. The fraction of sp³-hybridized carbons (Fsp3) is 0.250. The molecule has 0 unspecified atom stereocenters. The zero-order chi connectivity index (χ0) is 7.72. The Labute approximate surface area is 67.4 Å². The molecule has 0 fully saturated rings. The van der Waals surface area contributed by atoms with Crippen LogP contribution in [0.25, 0.3) is 0 Å². The van der Waals surface area contributed by atoms with Crippen molar-refractivity contribution in [2.24, 2.45) is 0 Å². The van der Waals surface area contributed by atoms with Crippen LogP contribution in [0.15, 0.2) is 0 Å². The molecule has 0 aromatic carbocycles. The molecule has 0 aliphatic rings. The van der Waals surface area contributed by atoms with Gasteiger partial charge in [-0.15, -0.1) is 11.3 Å². The number of hydrogen-bond donors (Lipinski definition) is 2. The Morgan fingerprint density at radius 1 is 1.60 bits per heavy atom. The van der Waals surface area contributed by atoms with Crippen LogP contribution in [0.1, 0.15) is 5.69 Å². The van der Waals surface area contributed by atoms with E-state index in [1.54, 1.807) is 6.92 Å². The highest BCUT2D eigenvalue weighted by Crippen LogP contribution is 2.12. The third kappa shape index (κ3) is 1.49. The first-order chi connectivity index (χ1) is 4.61. The Hall–Kier alpha value is -0.0951. The largest absolute Gasteiger partial charge is 0.501 e. The molecule has 2 N–H and O–H groups in total. The van der Waals surface area contributed by atoms with Crippen molar-refractivity contribution in [2.75, 3.05) is 0 Å². The summed E-state index contributed by atoms with van der Waals surface area (Å²) in [6.45, 7) is 1.68. The fourth-order valence-electron chi connectivity index (χ4n) is 0.614. The van der Waals surface area contributed by atoms with Gasteiger partial charge in [0.05, 0.1) is 4.78 Å². The Balaban J connectivity index is 3.03. The molecule has 1 heterocycles. The molecule has 0 saturated carbocycles. The summed E-state index contributed by atoms with van der Waals surface area (Å²) in [5, 5.41) is 17.4. The van der Waals surface area contributed by atoms with Crippen LogP contribution in [0.4, 0.5) is 0 Å². The second-order valence-electron chi connectivity index (χ2n) is 1.79. The van der Waals surface area contributed by atoms with Crippen molar-refractivity contribution in [2.45, 2.75) is 6.92 Å². The van der Waals surface area contributed by atoms with E-state index in [1.807, 2.05) is 0 Å². The molecule has 0 aliphatic heterocycles. The van der Waals surface area contributed by atoms with Gasteiger partial charge in [-0.05, 0) is 6.92 Å². The Kier molecular flexibility index (Phi) is 2.30. The maximum Gasteiger partial charge on any atom is 0.501 e. The molecule has 3 nitrogen and oxygen atoms in total. The van der Waals surface area contributed by atoms with Gasteiger partial charge in [0, 0.05) is 5.69 Å². The number of nitrogens with zero attached hydrogens (tertiary/aromatic N) is 1. The normalized spacial score (nSPS) is 10.0. The number of halogens is 1.